The van der Waals surface area contributed by atoms with Gasteiger partial charge in [0.2, 0.25) is 10.0 Å². The molecule has 1 aromatic heterocycles. The van der Waals surface area contributed by atoms with Gasteiger partial charge in [0.05, 0.1) is 9.23 Å². The van der Waals surface area contributed by atoms with E-state index in [9.17, 15) is 12.8 Å². The lowest BCUT2D eigenvalue weighted by Crippen LogP contribution is -2.26. The molecule has 2 N–H and O–H groups in total. The van der Waals surface area contributed by atoms with Crippen LogP contribution in [0.5, 0.6) is 0 Å². The van der Waals surface area contributed by atoms with Gasteiger partial charge in [-0.3, -0.25) is 0 Å². The van der Waals surface area contributed by atoms with E-state index in [4.69, 9.17) is 17.3 Å². The molecule has 0 amide bonds. The highest BCUT2D eigenvalue weighted by Gasteiger charge is 2.23. The molecular weight excluding hydrogens is 335 g/mol. The average molecular weight is 349 g/mol. The molecule has 4 nitrogen and oxygen atoms in total. The second-order valence-corrected chi connectivity index (χ2v) is 8.43. The standard InChI is InChI=1S/C13H14ClFN2O2S2/c1-8-11(15)5-10(6-12(8)16)21(18,19)17(2)7-9-3-4-13(14)20-9/h3-6H,7,16H2,1-2H3. The highest BCUT2D eigenvalue weighted by atomic mass is 35.5. The number of sulfonamides is 1. The van der Waals surface area contributed by atoms with Crippen molar-refractivity contribution < 1.29 is 12.8 Å². The molecule has 1 heterocycles. The lowest BCUT2D eigenvalue weighted by molar-refractivity contribution is 0.469. The van der Waals surface area contributed by atoms with Crippen molar-refractivity contribution in [2.24, 2.45) is 0 Å². The van der Waals surface area contributed by atoms with Crippen molar-refractivity contribution in [3.05, 3.63) is 44.9 Å². The molecular formula is C13H14ClFN2O2S2. The lowest BCUT2D eigenvalue weighted by Gasteiger charge is -2.17. The van der Waals surface area contributed by atoms with E-state index in [-0.39, 0.29) is 22.7 Å². The van der Waals surface area contributed by atoms with Crippen LogP contribution >= 0.6 is 22.9 Å². The number of anilines is 1. The van der Waals surface area contributed by atoms with Gasteiger partial charge in [-0.05, 0) is 31.2 Å². The van der Waals surface area contributed by atoms with Crippen LogP contribution in [0.15, 0.2) is 29.2 Å². The maximum atomic E-state index is 13.7. The van der Waals surface area contributed by atoms with Gasteiger partial charge in [0.25, 0.3) is 0 Å². The Hall–Kier alpha value is -1.15. The fourth-order valence-corrected chi connectivity index (χ4v) is 4.16. The van der Waals surface area contributed by atoms with Crippen LogP contribution in [0.3, 0.4) is 0 Å². The Morgan fingerprint density at radius 2 is 2.05 bits per heavy atom. The zero-order valence-electron chi connectivity index (χ0n) is 11.4. The van der Waals surface area contributed by atoms with Gasteiger partial charge in [0, 0.05) is 29.7 Å². The largest absolute Gasteiger partial charge is 0.398 e. The second kappa shape index (κ2) is 5.92. The van der Waals surface area contributed by atoms with Crippen molar-refractivity contribution in [1.29, 1.82) is 0 Å². The molecule has 8 heteroatoms. The van der Waals surface area contributed by atoms with E-state index in [1.54, 1.807) is 12.1 Å². The van der Waals surface area contributed by atoms with Crippen molar-refractivity contribution in [3.63, 3.8) is 0 Å². The van der Waals surface area contributed by atoms with Gasteiger partial charge in [-0.1, -0.05) is 11.6 Å². The molecule has 0 atom stereocenters. The average Bonchev–Trinajstić information content (AvgIpc) is 2.80. The minimum Gasteiger partial charge on any atom is -0.398 e. The van der Waals surface area contributed by atoms with Gasteiger partial charge >= 0.3 is 0 Å². The summed E-state index contributed by atoms with van der Waals surface area (Å²) in [4.78, 5) is 0.639. The summed E-state index contributed by atoms with van der Waals surface area (Å²) in [6, 6.07) is 5.71. The first-order valence-corrected chi connectivity index (χ1v) is 8.61. The van der Waals surface area contributed by atoms with Gasteiger partial charge in [-0.25, -0.2) is 12.8 Å². The maximum absolute atomic E-state index is 13.7. The topological polar surface area (TPSA) is 63.4 Å². The molecule has 21 heavy (non-hydrogen) atoms. The minimum absolute atomic E-state index is 0.112. The summed E-state index contributed by atoms with van der Waals surface area (Å²) in [6.07, 6.45) is 0. The smallest absolute Gasteiger partial charge is 0.243 e. The van der Waals surface area contributed by atoms with E-state index in [1.807, 2.05) is 0 Å². The maximum Gasteiger partial charge on any atom is 0.243 e. The van der Waals surface area contributed by atoms with Crippen LogP contribution in [-0.2, 0) is 16.6 Å². The summed E-state index contributed by atoms with van der Waals surface area (Å²) < 4.78 is 40.3. The molecule has 0 bridgehead atoms. The summed E-state index contributed by atoms with van der Waals surface area (Å²) in [5.74, 6) is -0.638. The highest BCUT2D eigenvalue weighted by Crippen LogP contribution is 2.26. The Balaban J connectivity index is 2.33. The third kappa shape index (κ3) is 3.37. The number of halogens is 2. The fraction of sp³-hybridized carbons (Fsp3) is 0.231. The molecule has 1 aromatic carbocycles. The molecule has 0 spiro atoms. The van der Waals surface area contributed by atoms with Gasteiger partial charge in [0.15, 0.2) is 0 Å². The Morgan fingerprint density at radius 3 is 2.57 bits per heavy atom. The van der Waals surface area contributed by atoms with Crippen molar-refractivity contribution in [3.8, 4) is 0 Å². The van der Waals surface area contributed by atoms with Crippen LogP contribution < -0.4 is 5.73 Å². The Morgan fingerprint density at radius 1 is 1.38 bits per heavy atom. The van der Waals surface area contributed by atoms with Crippen LogP contribution in [0.2, 0.25) is 4.34 Å². The molecule has 0 saturated heterocycles. The summed E-state index contributed by atoms with van der Waals surface area (Å²) in [5, 5.41) is 0. The predicted octanol–water partition coefficient (Wildman–Crippen LogP) is 3.25. The molecule has 0 aliphatic rings. The first-order valence-electron chi connectivity index (χ1n) is 5.98. The van der Waals surface area contributed by atoms with E-state index in [0.29, 0.717) is 4.34 Å². The third-order valence-electron chi connectivity index (χ3n) is 3.07. The number of hydrogen-bond donors (Lipinski definition) is 1. The number of hydrogen-bond acceptors (Lipinski definition) is 4. The third-order valence-corrected chi connectivity index (χ3v) is 6.07. The molecule has 2 rings (SSSR count). The SMILES string of the molecule is Cc1c(N)cc(S(=O)(=O)N(C)Cc2ccc(Cl)s2)cc1F. The van der Waals surface area contributed by atoms with Gasteiger partial charge in [-0.15, -0.1) is 11.3 Å². The van der Waals surface area contributed by atoms with Crippen LogP contribution in [-0.4, -0.2) is 19.8 Å². The number of nitrogens with two attached hydrogens (primary N) is 1. The summed E-state index contributed by atoms with van der Waals surface area (Å²) >= 11 is 7.12. The normalized spacial score (nSPS) is 12.0. The van der Waals surface area contributed by atoms with Crippen molar-refractivity contribution in [2.45, 2.75) is 18.4 Å². The zero-order valence-corrected chi connectivity index (χ0v) is 13.8. The highest BCUT2D eigenvalue weighted by molar-refractivity contribution is 7.89. The predicted molar refractivity (Wildman–Crippen MR) is 83.5 cm³/mol. The number of thiophene rings is 1. The molecule has 0 aliphatic carbocycles. The molecule has 0 aliphatic heterocycles. The Labute approximate surface area is 132 Å². The van der Waals surface area contributed by atoms with Gasteiger partial charge < -0.3 is 5.73 Å². The quantitative estimate of drug-likeness (QED) is 0.862. The van der Waals surface area contributed by atoms with Crippen LogP contribution in [0.1, 0.15) is 10.4 Å². The van der Waals surface area contributed by atoms with Crippen molar-refractivity contribution in [1.82, 2.24) is 4.31 Å². The zero-order chi connectivity index (χ0) is 15.8. The van der Waals surface area contributed by atoms with Crippen molar-refractivity contribution in [2.75, 3.05) is 12.8 Å². The number of nitrogens with zero attached hydrogens (tertiary/aromatic N) is 1. The summed E-state index contributed by atoms with van der Waals surface area (Å²) in [5.41, 5.74) is 5.99. The fourth-order valence-electron chi connectivity index (χ4n) is 1.74. The van der Waals surface area contributed by atoms with E-state index >= 15 is 0 Å². The first kappa shape index (κ1) is 16.2. The molecule has 0 radical (unpaired) electrons. The van der Waals surface area contributed by atoms with Crippen LogP contribution in [0.4, 0.5) is 10.1 Å². The van der Waals surface area contributed by atoms with E-state index in [0.717, 1.165) is 15.2 Å². The number of benzene rings is 1. The minimum atomic E-state index is -3.81. The van der Waals surface area contributed by atoms with Gasteiger partial charge in [-0.2, -0.15) is 4.31 Å². The van der Waals surface area contributed by atoms with E-state index < -0.39 is 15.8 Å². The first-order chi connectivity index (χ1) is 9.71. The number of rotatable bonds is 4. The molecule has 114 valence electrons. The Bertz CT molecular complexity index is 751. The second-order valence-electron chi connectivity index (χ2n) is 4.59. The number of nitrogen functional groups attached to an aromatic ring is 1. The Kier molecular flexibility index (Phi) is 4.57. The monoisotopic (exact) mass is 348 g/mol. The van der Waals surface area contributed by atoms with Crippen LogP contribution in [0, 0.1) is 12.7 Å². The lowest BCUT2D eigenvalue weighted by atomic mass is 10.2. The van der Waals surface area contributed by atoms with Gasteiger partial charge in [0.1, 0.15) is 5.82 Å². The van der Waals surface area contributed by atoms with E-state index in [1.165, 1.54) is 31.4 Å². The summed E-state index contributed by atoms with van der Waals surface area (Å²) in [6.45, 7) is 1.66. The van der Waals surface area contributed by atoms with Crippen LogP contribution in [0.25, 0.3) is 0 Å². The molecule has 0 saturated carbocycles. The van der Waals surface area contributed by atoms with E-state index in [2.05, 4.69) is 0 Å². The molecule has 0 fully saturated rings. The van der Waals surface area contributed by atoms with Crippen molar-refractivity contribution >= 4 is 38.6 Å². The summed E-state index contributed by atoms with van der Waals surface area (Å²) in [7, 11) is -2.39. The molecule has 2 aromatic rings. The molecule has 0 unspecified atom stereocenters.